The number of carbonyl (C=O) groups excluding carboxylic acids is 2. The summed E-state index contributed by atoms with van der Waals surface area (Å²) in [5, 5.41) is 23.6. The second-order valence-electron chi connectivity index (χ2n) is 13.5. The number of aromatic hydroxyl groups is 1. The van der Waals surface area contributed by atoms with Gasteiger partial charge in [0, 0.05) is 37.5 Å². The van der Waals surface area contributed by atoms with Crippen LogP contribution in [0.1, 0.15) is 75.8 Å². The number of aliphatic hydroxyl groups is 1. The number of urea groups is 1. The van der Waals surface area contributed by atoms with Crippen molar-refractivity contribution in [3.63, 3.8) is 0 Å². The first-order valence-corrected chi connectivity index (χ1v) is 15.5. The van der Waals surface area contributed by atoms with Crippen LogP contribution in [0.15, 0.2) is 18.2 Å². The largest absolute Gasteiger partial charge is 0.508 e. The third kappa shape index (κ3) is 5.90. The first kappa shape index (κ1) is 29.3. The normalized spacial score (nSPS) is 30.6. The number of fused-ring (bicyclic) bond motifs is 1. The highest BCUT2D eigenvalue weighted by Gasteiger charge is 2.60. The molecular formula is C32H50N4O4. The zero-order chi connectivity index (χ0) is 28.7. The fourth-order valence-electron chi connectivity index (χ4n) is 7.41. The highest BCUT2D eigenvalue weighted by atomic mass is 16.3. The molecule has 222 valence electrons. The van der Waals surface area contributed by atoms with Gasteiger partial charge in [-0.15, -0.1) is 0 Å². The Balaban J connectivity index is 1.55. The molecule has 4 aliphatic rings. The van der Waals surface area contributed by atoms with Crippen LogP contribution in [0.25, 0.3) is 0 Å². The molecule has 0 bridgehead atoms. The van der Waals surface area contributed by atoms with E-state index in [-0.39, 0.29) is 30.2 Å². The zero-order valence-corrected chi connectivity index (χ0v) is 25.1. The summed E-state index contributed by atoms with van der Waals surface area (Å²) in [5.41, 5.74) is -0.290. The van der Waals surface area contributed by atoms with Crippen LogP contribution < -0.4 is 0 Å². The van der Waals surface area contributed by atoms with Crippen LogP contribution in [0.3, 0.4) is 0 Å². The molecule has 2 saturated carbocycles. The number of phenolic OH excluding ortho intramolecular Hbond substituents is 1. The molecule has 1 aromatic carbocycles. The summed E-state index contributed by atoms with van der Waals surface area (Å²) in [5.74, 6) is 0.870. The van der Waals surface area contributed by atoms with Gasteiger partial charge in [0.1, 0.15) is 5.75 Å². The molecule has 0 radical (unpaired) electrons. The van der Waals surface area contributed by atoms with Crippen LogP contribution in [-0.2, 0) is 10.2 Å². The van der Waals surface area contributed by atoms with Gasteiger partial charge in [0.15, 0.2) is 0 Å². The predicted molar refractivity (Wildman–Crippen MR) is 156 cm³/mol. The van der Waals surface area contributed by atoms with Crippen LogP contribution in [-0.4, -0.2) is 107 Å². The topological polar surface area (TPSA) is 87.6 Å². The Morgan fingerprint density at radius 1 is 1.02 bits per heavy atom. The fourth-order valence-corrected chi connectivity index (χ4v) is 7.41. The number of likely N-dealkylation sites (tertiary alicyclic amines) is 1. The zero-order valence-electron chi connectivity index (χ0n) is 25.1. The number of hydrogen-bond donors (Lipinski definition) is 2. The number of carbonyl (C=O) groups is 2. The Kier molecular flexibility index (Phi) is 8.52. The molecule has 2 saturated heterocycles. The number of imide groups is 1. The molecule has 2 aliphatic heterocycles. The lowest BCUT2D eigenvalue weighted by Crippen LogP contribution is -2.69. The van der Waals surface area contributed by atoms with Gasteiger partial charge in [-0.1, -0.05) is 6.07 Å². The highest BCUT2D eigenvalue weighted by molar-refractivity contribution is 5.95. The molecule has 40 heavy (non-hydrogen) atoms. The summed E-state index contributed by atoms with van der Waals surface area (Å²) < 4.78 is 0. The van der Waals surface area contributed by atoms with Gasteiger partial charge in [0.2, 0.25) is 5.91 Å². The second kappa shape index (κ2) is 11.6. The van der Waals surface area contributed by atoms with E-state index in [9.17, 15) is 19.8 Å². The molecule has 2 N–H and O–H groups in total. The minimum Gasteiger partial charge on any atom is -0.508 e. The first-order valence-electron chi connectivity index (χ1n) is 15.5. The van der Waals surface area contributed by atoms with Crippen molar-refractivity contribution in [1.82, 2.24) is 19.6 Å². The molecule has 4 fully saturated rings. The Morgan fingerprint density at radius 2 is 1.73 bits per heavy atom. The third-order valence-electron chi connectivity index (χ3n) is 10.2. The van der Waals surface area contributed by atoms with Gasteiger partial charge in [-0.3, -0.25) is 14.6 Å². The molecule has 2 heterocycles. The summed E-state index contributed by atoms with van der Waals surface area (Å²) in [6.45, 7) is 8.46. The van der Waals surface area contributed by atoms with Crippen LogP contribution in [0, 0.1) is 18.8 Å². The fraction of sp³-hybridized carbons (Fsp3) is 0.750. The number of aryl methyl sites for hydroxylation is 1. The molecule has 8 heteroatoms. The van der Waals surface area contributed by atoms with Crippen LogP contribution in [0.2, 0.25) is 0 Å². The maximum atomic E-state index is 14.3. The van der Waals surface area contributed by atoms with Gasteiger partial charge in [0.25, 0.3) is 0 Å². The SMILES string of the molecule is Cc1ccc(O)cc1[C@]12CCN(CCCN(C)C)[C@H](C)[C@]1(O)CCCN(CC1CC1)C(=O)N(CC1CC1)C(=O)C2. The van der Waals surface area contributed by atoms with Crippen molar-refractivity contribution < 1.29 is 19.8 Å². The van der Waals surface area contributed by atoms with E-state index in [2.05, 4.69) is 30.8 Å². The van der Waals surface area contributed by atoms with Gasteiger partial charge < -0.3 is 20.0 Å². The molecule has 5 rings (SSSR count). The van der Waals surface area contributed by atoms with E-state index in [1.807, 2.05) is 17.9 Å². The minimum atomic E-state index is -1.20. The smallest absolute Gasteiger partial charge is 0.326 e. The number of amides is 3. The molecule has 3 atom stereocenters. The maximum Gasteiger partial charge on any atom is 0.326 e. The van der Waals surface area contributed by atoms with Crippen molar-refractivity contribution in [1.29, 1.82) is 0 Å². The lowest BCUT2D eigenvalue weighted by atomic mass is 9.56. The third-order valence-corrected chi connectivity index (χ3v) is 10.2. The lowest BCUT2D eigenvalue weighted by molar-refractivity contribution is -0.157. The Morgan fingerprint density at radius 3 is 2.40 bits per heavy atom. The van der Waals surface area contributed by atoms with Gasteiger partial charge in [-0.05, 0) is 134 Å². The molecule has 0 spiro atoms. The van der Waals surface area contributed by atoms with Crippen molar-refractivity contribution in [2.45, 2.75) is 88.7 Å². The summed E-state index contributed by atoms with van der Waals surface area (Å²) >= 11 is 0. The first-order chi connectivity index (χ1) is 19.0. The molecule has 0 aromatic heterocycles. The highest BCUT2D eigenvalue weighted by Crippen LogP contribution is 2.52. The summed E-state index contributed by atoms with van der Waals surface area (Å²) in [6, 6.07) is 5.00. The van der Waals surface area contributed by atoms with Crippen molar-refractivity contribution >= 4 is 11.9 Å². The minimum absolute atomic E-state index is 0.0688. The number of rotatable bonds is 9. The van der Waals surface area contributed by atoms with E-state index in [4.69, 9.17) is 0 Å². The van der Waals surface area contributed by atoms with E-state index >= 15 is 0 Å². The van der Waals surface area contributed by atoms with Gasteiger partial charge in [0.05, 0.1) is 5.60 Å². The maximum absolute atomic E-state index is 14.3. The van der Waals surface area contributed by atoms with E-state index in [1.54, 1.807) is 12.1 Å². The van der Waals surface area contributed by atoms with E-state index in [0.29, 0.717) is 50.7 Å². The van der Waals surface area contributed by atoms with Gasteiger partial charge >= 0.3 is 6.03 Å². The van der Waals surface area contributed by atoms with Gasteiger partial charge in [-0.2, -0.15) is 0 Å². The molecule has 8 nitrogen and oxygen atoms in total. The molecule has 2 aliphatic carbocycles. The Bertz CT molecular complexity index is 1090. The lowest BCUT2D eigenvalue weighted by Gasteiger charge is -2.59. The number of hydrogen-bond acceptors (Lipinski definition) is 6. The predicted octanol–water partition coefficient (Wildman–Crippen LogP) is 3.97. The summed E-state index contributed by atoms with van der Waals surface area (Å²) in [6.07, 6.45) is 7.24. The van der Waals surface area contributed by atoms with Crippen LogP contribution in [0.5, 0.6) is 5.75 Å². The van der Waals surface area contributed by atoms with Crippen LogP contribution in [0.4, 0.5) is 4.79 Å². The number of nitrogens with zero attached hydrogens (tertiary/aromatic N) is 4. The standard InChI is InChI=1S/C32H50N4O4/c1-23-7-12-27(37)19-28(23)31-14-18-34(17-6-15-33(3)4)24(2)32(31,40)13-5-16-35(21-25-8-9-25)30(39)36(29(38)20-31)22-26-10-11-26/h7,12,19,24-26,37,40H,5-6,8-11,13-18,20-22H2,1-4H3/t24-,31-,32-/m1/s1. The monoisotopic (exact) mass is 554 g/mol. The Labute approximate surface area is 240 Å². The van der Waals surface area contributed by atoms with Crippen LogP contribution >= 0.6 is 0 Å². The number of benzene rings is 1. The summed E-state index contributed by atoms with van der Waals surface area (Å²) in [7, 11) is 4.16. The second-order valence-corrected chi connectivity index (χ2v) is 13.5. The van der Waals surface area contributed by atoms with Crippen molar-refractivity contribution in [3.8, 4) is 5.75 Å². The molecule has 0 unspecified atom stereocenters. The number of piperidine rings is 1. The average Bonchev–Trinajstić information content (AvgIpc) is 3.83. The molecule has 3 amide bonds. The van der Waals surface area contributed by atoms with Crippen molar-refractivity contribution in [3.05, 3.63) is 29.3 Å². The van der Waals surface area contributed by atoms with E-state index < -0.39 is 11.0 Å². The van der Waals surface area contributed by atoms with Crippen molar-refractivity contribution in [2.75, 3.05) is 53.4 Å². The quantitative estimate of drug-likeness (QED) is 0.480. The van der Waals surface area contributed by atoms with Crippen molar-refractivity contribution in [2.24, 2.45) is 11.8 Å². The summed E-state index contributed by atoms with van der Waals surface area (Å²) in [4.78, 5) is 36.3. The molecule has 1 aromatic rings. The van der Waals surface area contributed by atoms with Gasteiger partial charge in [-0.25, -0.2) is 4.79 Å². The van der Waals surface area contributed by atoms with E-state index in [0.717, 1.165) is 62.9 Å². The Hall–Kier alpha value is -2.16. The number of phenols is 1. The molecular weight excluding hydrogens is 504 g/mol. The average molecular weight is 555 g/mol. The van der Waals surface area contributed by atoms with E-state index in [1.165, 1.54) is 4.90 Å².